The lowest BCUT2D eigenvalue weighted by molar-refractivity contribution is -0.113. The Balaban J connectivity index is 1.50. The molecule has 25 heavy (non-hydrogen) atoms. The summed E-state index contributed by atoms with van der Waals surface area (Å²) >= 11 is 1.35. The minimum atomic E-state index is -0.0574. The van der Waals surface area contributed by atoms with E-state index in [2.05, 4.69) is 51.7 Å². The predicted octanol–water partition coefficient (Wildman–Crippen LogP) is 2.66. The van der Waals surface area contributed by atoms with Crippen molar-refractivity contribution in [2.24, 2.45) is 5.92 Å². The van der Waals surface area contributed by atoms with E-state index in [4.69, 9.17) is 0 Å². The predicted molar refractivity (Wildman–Crippen MR) is 99.9 cm³/mol. The van der Waals surface area contributed by atoms with Gasteiger partial charge in [0.1, 0.15) is 0 Å². The average molecular weight is 360 g/mol. The van der Waals surface area contributed by atoms with Gasteiger partial charge in [0.05, 0.1) is 5.75 Å². The number of tetrazole rings is 1. The summed E-state index contributed by atoms with van der Waals surface area (Å²) in [6.07, 6.45) is 2.51. The van der Waals surface area contributed by atoms with Crippen LogP contribution in [0.4, 0.5) is 11.4 Å². The van der Waals surface area contributed by atoms with Crippen LogP contribution in [-0.2, 0) is 11.3 Å². The van der Waals surface area contributed by atoms with Gasteiger partial charge in [-0.2, -0.15) is 0 Å². The molecule has 0 saturated carbocycles. The van der Waals surface area contributed by atoms with Gasteiger partial charge < -0.3 is 10.2 Å². The van der Waals surface area contributed by atoms with Gasteiger partial charge in [0.25, 0.3) is 0 Å². The second-order valence-electron chi connectivity index (χ2n) is 6.62. The molecule has 0 bridgehead atoms. The standard InChI is InChI=1S/C17H24N6OS/c1-13(2)11-23-17(19-20-21-23)25-12-16(24)18-14-5-7-15(8-6-14)22-9-3-4-10-22/h5-8,13H,3-4,9-12H2,1-2H3,(H,18,24). The third-order valence-electron chi connectivity index (χ3n) is 3.99. The van der Waals surface area contributed by atoms with Crippen molar-refractivity contribution in [1.29, 1.82) is 0 Å². The molecule has 1 aliphatic rings. The number of aromatic nitrogens is 4. The fraction of sp³-hybridized carbons (Fsp3) is 0.529. The first-order valence-corrected chi connectivity index (χ1v) is 9.64. The maximum Gasteiger partial charge on any atom is 0.234 e. The van der Waals surface area contributed by atoms with Gasteiger partial charge in [0.2, 0.25) is 11.1 Å². The molecule has 7 nitrogen and oxygen atoms in total. The van der Waals surface area contributed by atoms with Gasteiger partial charge in [-0.25, -0.2) is 4.68 Å². The molecule has 0 atom stereocenters. The van der Waals surface area contributed by atoms with E-state index in [1.165, 1.54) is 30.3 Å². The van der Waals surface area contributed by atoms with E-state index in [1.54, 1.807) is 4.68 Å². The van der Waals surface area contributed by atoms with Crippen LogP contribution in [0.5, 0.6) is 0 Å². The van der Waals surface area contributed by atoms with Crippen molar-refractivity contribution in [2.75, 3.05) is 29.1 Å². The molecular weight excluding hydrogens is 336 g/mol. The summed E-state index contributed by atoms with van der Waals surface area (Å²) in [7, 11) is 0. The summed E-state index contributed by atoms with van der Waals surface area (Å²) in [5.41, 5.74) is 2.04. The molecule has 1 amide bonds. The quantitative estimate of drug-likeness (QED) is 0.765. The van der Waals surface area contributed by atoms with E-state index in [0.29, 0.717) is 11.1 Å². The van der Waals surface area contributed by atoms with E-state index in [1.807, 2.05) is 12.1 Å². The summed E-state index contributed by atoms with van der Waals surface area (Å²) < 4.78 is 1.74. The molecule has 0 unspecified atom stereocenters. The number of hydrogen-bond donors (Lipinski definition) is 1. The minimum absolute atomic E-state index is 0.0574. The van der Waals surface area contributed by atoms with Crippen LogP contribution in [0.1, 0.15) is 26.7 Å². The van der Waals surface area contributed by atoms with Gasteiger partial charge in [0, 0.05) is 31.0 Å². The molecule has 1 saturated heterocycles. The van der Waals surface area contributed by atoms with Gasteiger partial charge in [-0.15, -0.1) is 5.10 Å². The number of anilines is 2. The first kappa shape index (κ1) is 17.7. The molecule has 1 aromatic heterocycles. The molecule has 0 spiro atoms. The summed E-state index contributed by atoms with van der Waals surface area (Å²) in [5, 5.41) is 15.2. The molecular formula is C17H24N6OS. The maximum absolute atomic E-state index is 12.2. The second kappa shape index (κ2) is 8.33. The maximum atomic E-state index is 12.2. The number of benzene rings is 1. The molecule has 3 rings (SSSR count). The van der Waals surface area contributed by atoms with Crippen LogP contribution in [0, 0.1) is 5.92 Å². The highest BCUT2D eigenvalue weighted by Gasteiger charge is 2.13. The number of rotatable bonds is 7. The van der Waals surface area contributed by atoms with Crippen LogP contribution >= 0.6 is 11.8 Å². The average Bonchev–Trinajstić information content (AvgIpc) is 3.25. The molecule has 0 aliphatic carbocycles. The molecule has 2 heterocycles. The number of thioether (sulfide) groups is 1. The summed E-state index contributed by atoms with van der Waals surface area (Å²) in [4.78, 5) is 14.5. The van der Waals surface area contributed by atoms with Gasteiger partial charge in [-0.05, 0) is 53.5 Å². The summed E-state index contributed by atoms with van der Waals surface area (Å²) in [6.45, 7) is 7.19. The minimum Gasteiger partial charge on any atom is -0.372 e. The third-order valence-corrected chi connectivity index (χ3v) is 4.95. The van der Waals surface area contributed by atoms with E-state index in [9.17, 15) is 4.79 Å². The monoisotopic (exact) mass is 360 g/mol. The van der Waals surface area contributed by atoms with Crippen molar-refractivity contribution in [3.05, 3.63) is 24.3 Å². The Hall–Kier alpha value is -2.09. The Morgan fingerprint density at radius 2 is 1.96 bits per heavy atom. The van der Waals surface area contributed by atoms with Crippen molar-refractivity contribution in [1.82, 2.24) is 20.2 Å². The highest BCUT2D eigenvalue weighted by atomic mass is 32.2. The zero-order valence-corrected chi connectivity index (χ0v) is 15.5. The Morgan fingerprint density at radius 3 is 2.64 bits per heavy atom. The van der Waals surface area contributed by atoms with Gasteiger partial charge in [-0.1, -0.05) is 25.6 Å². The highest BCUT2D eigenvalue weighted by molar-refractivity contribution is 7.99. The number of nitrogens with one attached hydrogen (secondary N) is 1. The second-order valence-corrected chi connectivity index (χ2v) is 7.56. The van der Waals surface area contributed by atoms with Crippen molar-refractivity contribution < 1.29 is 4.79 Å². The first-order chi connectivity index (χ1) is 12.1. The number of carbonyl (C=O) groups is 1. The Labute approximate surface area is 152 Å². The zero-order valence-electron chi connectivity index (χ0n) is 14.7. The lowest BCUT2D eigenvalue weighted by atomic mass is 10.2. The lowest BCUT2D eigenvalue weighted by Crippen LogP contribution is -2.18. The van der Waals surface area contributed by atoms with Crippen LogP contribution in [-0.4, -0.2) is 45.0 Å². The van der Waals surface area contributed by atoms with E-state index >= 15 is 0 Å². The molecule has 134 valence electrons. The Bertz CT molecular complexity index is 693. The van der Waals surface area contributed by atoms with Gasteiger partial charge in [-0.3, -0.25) is 4.79 Å². The summed E-state index contributed by atoms with van der Waals surface area (Å²) in [6, 6.07) is 8.05. The number of carbonyl (C=O) groups excluding carboxylic acids is 1. The van der Waals surface area contributed by atoms with Crippen LogP contribution in [0.15, 0.2) is 29.4 Å². The van der Waals surface area contributed by atoms with Crippen LogP contribution in [0.3, 0.4) is 0 Å². The van der Waals surface area contributed by atoms with Crippen LogP contribution < -0.4 is 10.2 Å². The van der Waals surface area contributed by atoms with Crippen molar-refractivity contribution >= 4 is 29.0 Å². The number of amides is 1. The topological polar surface area (TPSA) is 75.9 Å². The normalized spacial score (nSPS) is 14.3. The molecule has 8 heteroatoms. The smallest absolute Gasteiger partial charge is 0.234 e. The fourth-order valence-corrected chi connectivity index (χ4v) is 3.51. The molecule has 1 aliphatic heterocycles. The van der Waals surface area contributed by atoms with Gasteiger partial charge >= 0.3 is 0 Å². The first-order valence-electron chi connectivity index (χ1n) is 8.65. The lowest BCUT2D eigenvalue weighted by Gasteiger charge is -2.17. The number of hydrogen-bond acceptors (Lipinski definition) is 6. The SMILES string of the molecule is CC(C)Cn1nnnc1SCC(=O)Nc1ccc(N2CCCC2)cc1. The number of nitrogens with zero attached hydrogens (tertiary/aromatic N) is 5. The van der Waals surface area contributed by atoms with E-state index in [0.717, 1.165) is 25.3 Å². The Kier molecular flexibility index (Phi) is 5.91. The van der Waals surface area contributed by atoms with E-state index < -0.39 is 0 Å². The van der Waals surface area contributed by atoms with Crippen molar-refractivity contribution in [2.45, 2.75) is 38.4 Å². The van der Waals surface area contributed by atoms with Gasteiger partial charge in [0.15, 0.2) is 0 Å². The largest absolute Gasteiger partial charge is 0.372 e. The summed E-state index contributed by atoms with van der Waals surface area (Å²) in [5.74, 6) is 0.676. The van der Waals surface area contributed by atoms with Crippen molar-refractivity contribution in [3.8, 4) is 0 Å². The molecule has 1 fully saturated rings. The van der Waals surface area contributed by atoms with Crippen LogP contribution in [0.2, 0.25) is 0 Å². The Morgan fingerprint density at radius 1 is 1.24 bits per heavy atom. The molecule has 2 aromatic rings. The molecule has 1 N–H and O–H groups in total. The van der Waals surface area contributed by atoms with E-state index in [-0.39, 0.29) is 11.7 Å². The molecule has 1 aromatic carbocycles. The molecule has 0 radical (unpaired) electrons. The highest BCUT2D eigenvalue weighted by Crippen LogP contribution is 2.22. The van der Waals surface area contributed by atoms with Crippen LogP contribution in [0.25, 0.3) is 0 Å². The van der Waals surface area contributed by atoms with Crippen molar-refractivity contribution in [3.63, 3.8) is 0 Å². The zero-order chi connectivity index (χ0) is 17.6. The fourth-order valence-electron chi connectivity index (χ4n) is 2.82. The third kappa shape index (κ3) is 4.94.